The van der Waals surface area contributed by atoms with Crippen LogP contribution in [-0.2, 0) is 19.5 Å². The van der Waals surface area contributed by atoms with E-state index in [1.165, 1.54) is 19.3 Å². The molecule has 2 aliphatic rings. The number of piperidine rings is 1. The summed E-state index contributed by atoms with van der Waals surface area (Å²) in [6, 6.07) is 1.79. The average Bonchev–Trinajstić information content (AvgIpc) is 3.19. The summed E-state index contributed by atoms with van der Waals surface area (Å²) in [5.74, 6) is 3.34. The van der Waals surface area contributed by atoms with Crippen molar-refractivity contribution in [1.82, 2.24) is 30.1 Å². The summed E-state index contributed by atoms with van der Waals surface area (Å²) in [6.07, 6.45) is 6.60. The summed E-state index contributed by atoms with van der Waals surface area (Å²) in [7, 11) is 0. The van der Waals surface area contributed by atoms with Gasteiger partial charge in [-0.25, -0.2) is 4.79 Å². The molecule has 8 heteroatoms. The number of carbonyl (C=O) groups excluding carboxylic acids is 1. The van der Waals surface area contributed by atoms with Gasteiger partial charge in [0.25, 0.3) is 0 Å². The van der Waals surface area contributed by atoms with Crippen LogP contribution in [0.4, 0.5) is 4.79 Å². The third-order valence-corrected chi connectivity index (χ3v) is 5.38. The van der Waals surface area contributed by atoms with Crippen LogP contribution in [-0.4, -0.2) is 43.9 Å². The van der Waals surface area contributed by atoms with E-state index in [-0.39, 0.29) is 6.03 Å². The number of carbonyl (C=O) groups is 1. The minimum absolute atomic E-state index is 0.0439. The molecule has 1 N–H and O–H groups in total. The van der Waals surface area contributed by atoms with E-state index in [2.05, 4.69) is 25.2 Å². The Bertz CT molecular complexity index is 760. The van der Waals surface area contributed by atoms with Crippen molar-refractivity contribution in [3.05, 3.63) is 29.2 Å². The van der Waals surface area contributed by atoms with Crippen LogP contribution in [0, 0.1) is 6.92 Å². The Balaban J connectivity index is 1.31. The van der Waals surface area contributed by atoms with Gasteiger partial charge < -0.3 is 19.3 Å². The van der Waals surface area contributed by atoms with Gasteiger partial charge in [-0.15, -0.1) is 10.2 Å². The summed E-state index contributed by atoms with van der Waals surface area (Å²) in [5, 5.41) is 15.6. The summed E-state index contributed by atoms with van der Waals surface area (Å²) < 4.78 is 7.46. The van der Waals surface area contributed by atoms with Gasteiger partial charge in [-0.1, -0.05) is 11.6 Å². The predicted molar refractivity (Wildman–Crippen MR) is 94.6 cm³/mol. The van der Waals surface area contributed by atoms with E-state index in [9.17, 15) is 4.79 Å². The fourth-order valence-electron chi connectivity index (χ4n) is 3.92. The van der Waals surface area contributed by atoms with Gasteiger partial charge in [-0.2, -0.15) is 0 Å². The van der Waals surface area contributed by atoms with Gasteiger partial charge in [0.2, 0.25) is 0 Å². The predicted octanol–water partition coefficient (Wildman–Crippen LogP) is 2.39. The second-order valence-electron chi connectivity index (χ2n) is 7.29. The SMILES string of the molecule is Cc1cc(CNC(=O)N2CCC(c3nnc4n3CCCCC4)CC2)on1. The molecule has 4 rings (SSSR count). The van der Waals surface area contributed by atoms with Crippen molar-refractivity contribution in [3.63, 3.8) is 0 Å². The van der Waals surface area contributed by atoms with Gasteiger partial charge in [0.1, 0.15) is 11.6 Å². The zero-order valence-corrected chi connectivity index (χ0v) is 15.3. The van der Waals surface area contributed by atoms with E-state index in [0.29, 0.717) is 18.2 Å². The smallest absolute Gasteiger partial charge is 0.317 e. The van der Waals surface area contributed by atoms with Crippen LogP contribution in [0.5, 0.6) is 0 Å². The molecule has 0 unspecified atom stereocenters. The van der Waals surface area contributed by atoms with E-state index in [0.717, 1.165) is 56.2 Å². The largest absolute Gasteiger partial charge is 0.359 e. The van der Waals surface area contributed by atoms with Gasteiger partial charge >= 0.3 is 6.03 Å². The van der Waals surface area contributed by atoms with Crippen LogP contribution in [0.1, 0.15) is 61.1 Å². The third kappa shape index (κ3) is 3.59. The van der Waals surface area contributed by atoms with Crippen molar-refractivity contribution in [2.24, 2.45) is 0 Å². The minimum Gasteiger partial charge on any atom is -0.359 e. The zero-order valence-electron chi connectivity index (χ0n) is 15.3. The lowest BCUT2D eigenvalue weighted by atomic mass is 9.96. The van der Waals surface area contributed by atoms with Crippen molar-refractivity contribution in [2.45, 2.75) is 64.5 Å². The first-order chi connectivity index (χ1) is 12.7. The van der Waals surface area contributed by atoms with Crippen LogP contribution in [0.2, 0.25) is 0 Å². The van der Waals surface area contributed by atoms with Crippen molar-refractivity contribution in [1.29, 1.82) is 0 Å². The second kappa shape index (κ2) is 7.47. The molecule has 2 aromatic heterocycles. The number of likely N-dealkylation sites (tertiary alicyclic amines) is 1. The maximum absolute atomic E-state index is 12.4. The van der Waals surface area contributed by atoms with E-state index < -0.39 is 0 Å². The number of hydrogen-bond donors (Lipinski definition) is 1. The second-order valence-corrected chi connectivity index (χ2v) is 7.29. The molecule has 0 spiro atoms. The van der Waals surface area contributed by atoms with Gasteiger partial charge in [0, 0.05) is 38.0 Å². The number of hydrogen-bond acceptors (Lipinski definition) is 5. The lowest BCUT2D eigenvalue weighted by molar-refractivity contribution is 0.178. The number of urea groups is 1. The summed E-state index contributed by atoms with van der Waals surface area (Å²) in [5.41, 5.74) is 0.822. The van der Waals surface area contributed by atoms with Crippen molar-refractivity contribution < 1.29 is 9.32 Å². The van der Waals surface area contributed by atoms with Crippen LogP contribution in [0.3, 0.4) is 0 Å². The molecular weight excluding hydrogens is 332 g/mol. The van der Waals surface area contributed by atoms with Gasteiger partial charge in [-0.3, -0.25) is 0 Å². The van der Waals surface area contributed by atoms with Crippen LogP contribution >= 0.6 is 0 Å². The van der Waals surface area contributed by atoms with Crippen LogP contribution in [0.15, 0.2) is 10.6 Å². The molecule has 0 aromatic carbocycles. The molecule has 0 radical (unpaired) electrons. The maximum atomic E-state index is 12.4. The maximum Gasteiger partial charge on any atom is 0.317 e. The molecule has 0 saturated carbocycles. The number of aromatic nitrogens is 4. The Morgan fingerprint density at radius 2 is 2.08 bits per heavy atom. The highest BCUT2D eigenvalue weighted by molar-refractivity contribution is 5.74. The zero-order chi connectivity index (χ0) is 17.9. The molecule has 0 bridgehead atoms. The molecule has 26 heavy (non-hydrogen) atoms. The van der Waals surface area contributed by atoms with Crippen molar-refractivity contribution in [2.75, 3.05) is 13.1 Å². The first-order valence-corrected chi connectivity index (χ1v) is 9.57. The highest BCUT2D eigenvalue weighted by Crippen LogP contribution is 2.28. The van der Waals surface area contributed by atoms with Gasteiger partial charge in [0.05, 0.1) is 12.2 Å². The van der Waals surface area contributed by atoms with Crippen molar-refractivity contribution in [3.8, 4) is 0 Å². The fourth-order valence-corrected chi connectivity index (χ4v) is 3.92. The molecule has 2 aliphatic heterocycles. The minimum atomic E-state index is -0.0439. The number of aryl methyl sites for hydroxylation is 2. The number of rotatable bonds is 3. The highest BCUT2D eigenvalue weighted by atomic mass is 16.5. The molecule has 1 saturated heterocycles. The molecule has 8 nitrogen and oxygen atoms in total. The van der Waals surface area contributed by atoms with Gasteiger partial charge in [-0.05, 0) is 32.6 Å². The molecule has 0 atom stereocenters. The van der Waals surface area contributed by atoms with E-state index in [1.807, 2.05) is 17.9 Å². The fraction of sp³-hybridized carbons (Fsp3) is 0.667. The van der Waals surface area contributed by atoms with Crippen molar-refractivity contribution >= 4 is 6.03 Å². The Kier molecular flexibility index (Phi) is 4.90. The summed E-state index contributed by atoms with van der Waals surface area (Å²) >= 11 is 0. The standard InChI is InChI=1S/C18H26N6O2/c1-13-11-15(26-22-13)12-19-18(25)23-9-6-14(7-10-23)17-21-20-16-5-3-2-4-8-24(16)17/h11,14H,2-10,12H2,1H3,(H,19,25). The molecule has 4 heterocycles. The van der Waals surface area contributed by atoms with Gasteiger partial charge in [0.15, 0.2) is 5.76 Å². The monoisotopic (exact) mass is 358 g/mol. The molecular formula is C18H26N6O2. The molecule has 2 aromatic rings. The molecule has 2 amide bonds. The normalized spacial score (nSPS) is 18.4. The highest BCUT2D eigenvalue weighted by Gasteiger charge is 2.28. The van der Waals surface area contributed by atoms with E-state index >= 15 is 0 Å². The first kappa shape index (κ1) is 17.1. The number of nitrogens with zero attached hydrogens (tertiary/aromatic N) is 5. The first-order valence-electron chi connectivity index (χ1n) is 9.57. The van der Waals surface area contributed by atoms with E-state index in [4.69, 9.17) is 4.52 Å². The summed E-state index contributed by atoms with van der Waals surface area (Å²) in [6.45, 7) is 4.76. The lowest BCUT2D eigenvalue weighted by Gasteiger charge is -2.31. The van der Waals surface area contributed by atoms with Crippen LogP contribution < -0.4 is 5.32 Å². The molecule has 0 aliphatic carbocycles. The quantitative estimate of drug-likeness (QED) is 0.910. The Labute approximate surface area is 152 Å². The van der Waals surface area contributed by atoms with Crippen LogP contribution in [0.25, 0.3) is 0 Å². The topological polar surface area (TPSA) is 89.1 Å². The number of amides is 2. The Morgan fingerprint density at radius 3 is 2.85 bits per heavy atom. The number of fused-ring (bicyclic) bond motifs is 1. The molecule has 1 fully saturated rings. The van der Waals surface area contributed by atoms with E-state index in [1.54, 1.807) is 0 Å². The Hall–Kier alpha value is -2.38. The lowest BCUT2D eigenvalue weighted by Crippen LogP contribution is -2.44. The average molecular weight is 358 g/mol. The number of nitrogens with one attached hydrogen (secondary N) is 1. The third-order valence-electron chi connectivity index (χ3n) is 5.38. The summed E-state index contributed by atoms with van der Waals surface area (Å²) in [4.78, 5) is 14.2. The Morgan fingerprint density at radius 1 is 1.23 bits per heavy atom. The molecule has 140 valence electrons.